The Morgan fingerprint density at radius 1 is 1.64 bits per heavy atom. The summed E-state index contributed by atoms with van der Waals surface area (Å²) in [5.74, 6) is 0.642. The van der Waals surface area contributed by atoms with Gasteiger partial charge in [0.05, 0.1) is 5.69 Å². The van der Waals surface area contributed by atoms with Crippen LogP contribution in [0.4, 0.5) is 0 Å². The molecule has 0 saturated heterocycles. The lowest BCUT2D eigenvalue weighted by molar-refractivity contribution is 0.726. The van der Waals surface area contributed by atoms with Crippen LogP contribution in [-0.4, -0.2) is 9.78 Å². The molecule has 1 heterocycles. The quantitative estimate of drug-likeness (QED) is 0.635. The van der Waals surface area contributed by atoms with Crippen LogP contribution in [0.2, 0.25) is 0 Å². The van der Waals surface area contributed by atoms with Crippen LogP contribution in [0.15, 0.2) is 6.20 Å². The average Bonchev–Trinajstić information content (AvgIpc) is 2.28. The fraction of sp³-hybridized carbons (Fsp3) is 0.667. The Hall–Kier alpha value is -0.790. The summed E-state index contributed by atoms with van der Waals surface area (Å²) in [4.78, 5) is 0. The zero-order valence-corrected chi connectivity index (χ0v) is 7.76. The summed E-state index contributed by atoms with van der Waals surface area (Å²) in [6.45, 7) is 6.52. The molecule has 0 fully saturated rings. The first-order valence-corrected chi connectivity index (χ1v) is 4.15. The molecule has 0 spiro atoms. The Kier molecular flexibility index (Phi) is 2.32. The van der Waals surface area contributed by atoms with Crippen molar-refractivity contribution >= 4 is 0 Å². The lowest BCUT2D eigenvalue weighted by Gasteiger charge is -2.04. The van der Waals surface area contributed by atoms with E-state index in [-0.39, 0.29) is 0 Å². The molecule has 1 rings (SSSR count). The van der Waals surface area contributed by atoms with Gasteiger partial charge in [-0.25, -0.2) is 0 Å². The van der Waals surface area contributed by atoms with Crippen molar-refractivity contribution in [1.82, 2.24) is 9.78 Å². The van der Waals surface area contributed by atoms with Gasteiger partial charge in [-0.15, -0.1) is 0 Å². The number of hydrogen-bond acceptors (Lipinski definition) is 1. The van der Waals surface area contributed by atoms with E-state index < -0.39 is 0 Å². The Bertz CT molecular complexity index is 238. The van der Waals surface area contributed by atoms with Crippen LogP contribution in [0.5, 0.6) is 0 Å². The number of aryl methyl sites for hydroxylation is 2. The Balaban J connectivity index is 2.93. The topological polar surface area (TPSA) is 17.8 Å². The predicted molar refractivity (Wildman–Crippen MR) is 46.7 cm³/mol. The minimum absolute atomic E-state index is 0.642. The summed E-state index contributed by atoms with van der Waals surface area (Å²) < 4.78 is 1.89. The molecule has 0 bridgehead atoms. The van der Waals surface area contributed by atoms with Gasteiger partial charge >= 0.3 is 0 Å². The molecule has 0 aromatic carbocycles. The average molecular weight is 152 g/mol. The molecule has 1 aromatic rings. The van der Waals surface area contributed by atoms with Gasteiger partial charge in [0.1, 0.15) is 0 Å². The van der Waals surface area contributed by atoms with Crippen molar-refractivity contribution in [2.24, 2.45) is 7.05 Å². The largest absolute Gasteiger partial charge is 0.275 e. The molecule has 0 saturated carbocycles. The van der Waals surface area contributed by atoms with Crippen molar-refractivity contribution in [1.29, 1.82) is 0 Å². The Labute approximate surface area is 68.2 Å². The van der Waals surface area contributed by atoms with Crippen molar-refractivity contribution in [2.75, 3.05) is 0 Å². The van der Waals surface area contributed by atoms with E-state index in [1.54, 1.807) is 0 Å². The van der Waals surface area contributed by atoms with E-state index in [2.05, 4.69) is 32.1 Å². The van der Waals surface area contributed by atoms with Gasteiger partial charge in [-0.2, -0.15) is 5.10 Å². The highest BCUT2D eigenvalue weighted by atomic mass is 15.2. The second-order valence-corrected chi connectivity index (χ2v) is 3.15. The normalized spacial score (nSPS) is 13.5. The third-order valence-corrected chi connectivity index (χ3v) is 2.19. The second-order valence-electron chi connectivity index (χ2n) is 3.15. The molecule has 0 amide bonds. The zero-order valence-electron chi connectivity index (χ0n) is 7.76. The summed E-state index contributed by atoms with van der Waals surface area (Å²) in [5, 5.41) is 4.30. The summed E-state index contributed by atoms with van der Waals surface area (Å²) in [6, 6.07) is 0. The SMILES string of the molecule is CCC(C)c1cn(C)nc1C. The molecule has 0 radical (unpaired) electrons. The molecular weight excluding hydrogens is 136 g/mol. The maximum absolute atomic E-state index is 4.30. The van der Waals surface area contributed by atoms with Crippen molar-refractivity contribution in [3.05, 3.63) is 17.5 Å². The molecule has 0 aliphatic rings. The van der Waals surface area contributed by atoms with Crippen LogP contribution < -0.4 is 0 Å². The fourth-order valence-electron chi connectivity index (χ4n) is 1.32. The van der Waals surface area contributed by atoms with E-state index in [9.17, 15) is 0 Å². The first-order chi connectivity index (χ1) is 5.15. The molecule has 0 aliphatic heterocycles. The van der Waals surface area contributed by atoms with E-state index >= 15 is 0 Å². The van der Waals surface area contributed by atoms with Gasteiger partial charge in [-0.3, -0.25) is 4.68 Å². The fourth-order valence-corrected chi connectivity index (χ4v) is 1.32. The molecule has 1 aromatic heterocycles. The summed E-state index contributed by atoms with van der Waals surface area (Å²) >= 11 is 0. The molecule has 11 heavy (non-hydrogen) atoms. The van der Waals surface area contributed by atoms with Gasteiger partial charge in [0.25, 0.3) is 0 Å². The lowest BCUT2D eigenvalue weighted by Crippen LogP contribution is -1.90. The highest BCUT2D eigenvalue weighted by Crippen LogP contribution is 2.20. The van der Waals surface area contributed by atoms with Crippen molar-refractivity contribution < 1.29 is 0 Å². The maximum Gasteiger partial charge on any atom is 0.0628 e. The number of nitrogens with zero attached hydrogens (tertiary/aromatic N) is 2. The third kappa shape index (κ3) is 1.62. The van der Waals surface area contributed by atoms with Gasteiger partial charge in [0.2, 0.25) is 0 Å². The Morgan fingerprint density at radius 2 is 2.27 bits per heavy atom. The first kappa shape index (κ1) is 8.31. The molecular formula is C9H16N2. The van der Waals surface area contributed by atoms with E-state index in [1.807, 2.05) is 11.7 Å². The third-order valence-electron chi connectivity index (χ3n) is 2.19. The van der Waals surface area contributed by atoms with Crippen LogP contribution in [0.1, 0.15) is 37.4 Å². The number of hydrogen-bond donors (Lipinski definition) is 0. The predicted octanol–water partition coefficient (Wildman–Crippen LogP) is 2.24. The van der Waals surface area contributed by atoms with Crippen LogP contribution in [-0.2, 0) is 7.05 Å². The molecule has 1 unspecified atom stereocenters. The standard InChI is InChI=1S/C9H16N2/c1-5-7(2)9-6-11(4)10-8(9)3/h6-7H,5H2,1-4H3. The molecule has 0 N–H and O–H groups in total. The summed E-state index contributed by atoms with van der Waals surface area (Å²) in [5.41, 5.74) is 2.55. The minimum atomic E-state index is 0.642. The molecule has 62 valence electrons. The molecule has 1 atom stereocenters. The van der Waals surface area contributed by atoms with E-state index in [1.165, 1.54) is 17.7 Å². The van der Waals surface area contributed by atoms with E-state index in [4.69, 9.17) is 0 Å². The van der Waals surface area contributed by atoms with Gasteiger partial charge in [0.15, 0.2) is 0 Å². The van der Waals surface area contributed by atoms with Crippen LogP contribution in [0.25, 0.3) is 0 Å². The summed E-state index contributed by atoms with van der Waals surface area (Å²) in [6.07, 6.45) is 3.30. The Morgan fingerprint density at radius 3 is 2.64 bits per heavy atom. The van der Waals surface area contributed by atoms with Gasteiger partial charge in [-0.05, 0) is 24.8 Å². The highest BCUT2D eigenvalue weighted by Gasteiger charge is 2.08. The smallest absolute Gasteiger partial charge is 0.0628 e. The van der Waals surface area contributed by atoms with Gasteiger partial charge in [0, 0.05) is 13.2 Å². The van der Waals surface area contributed by atoms with Crippen LogP contribution in [0.3, 0.4) is 0 Å². The highest BCUT2D eigenvalue weighted by molar-refractivity contribution is 5.19. The monoisotopic (exact) mass is 152 g/mol. The van der Waals surface area contributed by atoms with E-state index in [0.29, 0.717) is 5.92 Å². The van der Waals surface area contributed by atoms with Gasteiger partial charge < -0.3 is 0 Å². The van der Waals surface area contributed by atoms with Crippen LogP contribution >= 0.6 is 0 Å². The molecule has 0 aliphatic carbocycles. The van der Waals surface area contributed by atoms with Crippen molar-refractivity contribution in [3.8, 4) is 0 Å². The van der Waals surface area contributed by atoms with Crippen LogP contribution in [0, 0.1) is 6.92 Å². The van der Waals surface area contributed by atoms with Crippen molar-refractivity contribution in [3.63, 3.8) is 0 Å². The molecule has 2 heteroatoms. The zero-order chi connectivity index (χ0) is 8.43. The number of rotatable bonds is 2. The summed E-state index contributed by atoms with van der Waals surface area (Å²) in [7, 11) is 1.97. The maximum atomic E-state index is 4.30. The second kappa shape index (κ2) is 3.07. The first-order valence-electron chi connectivity index (χ1n) is 4.15. The van der Waals surface area contributed by atoms with Crippen molar-refractivity contribution in [2.45, 2.75) is 33.1 Å². The van der Waals surface area contributed by atoms with Gasteiger partial charge in [-0.1, -0.05) is 13.8 Å². The minimum Gasteiger partial charge on any atom is -0.275 e. The molecule has 2 nitrogen and oxygen atoms in total. The van der Waals surface area contributed by atoms with E-state index in [0.717, 1.165) is 0 Å². The number of aromatic nitrogens is 2. The lowest BCUT2D eigenvalue weighted by atomic mass is 10.00.